The molecule has 4 N–H and O–H groups in total. The van der Waals surface area contributed by atoms with Crippen LogP contribution in [0.25, 0.3) is 0 Å². The Morgan fingerprint density at radius 2 is 1.87 bits per heavy atom. The van der Waals surface area contributed by atoms with E-state index in [-0.39, 0.29) is 5.41 Å². The zero-order chi connectivity index (χ0) is 17.2. The van der Waals surface area contributed by atoms with E-state index in [4.69, 9.17) is 16.3 Å². The molecule has 0 radical (unpaired) electrons. The van der Waals surface area contributed by atoms with E-state index >= 15 is 0 Å². The summed E-state index contributed by atoms with van der Waals surface area (Å²) in [6, 6.07) is 7.30. The normalized spacial score (nSPS) is 11.4. The molecule has 0 spiro atoms. The van der Waals surface area contributed by atoms with Crippen LogP contribution >= 0.6 is 31.9 Å². The fourth-order valence-corrected chi connectivity index (χ4v) is 2.67. The summed E-state index contributed by atoms with van der Waals surface area (Å²) in [7, 11) is 0. The molecule has 124 valence electrons. The number of halogens is 2. The number of aromatic nitrogens is 1. The third-order valence-corrected chi connectivity index (χ3v) is 4.28. The van der Waals surface area contributed by atoms with Crippen molar-refractivity contribution in [2.24, 2.45) is 11.3 Å². The highest BCUT2D eigenvalue weighted by Crippen LogP contribution is 2.39. The van der Waals surface area contributed by atoms with Crippen molar-refractivity contribution >= 4 is 43.2 Å². The van der Waals surface area contributed by atoms with Gasteiger partial charge in [0.05, 0.1) is 15.8 Å². The Morgan fingerprint density at radius 3 is 2.43 bits per heavy atom. The highest BCUT2D eigenvalue weighted by molar-refractivity contribution is 9.11. The molecule has 0 fully saturated rings. The van der Waals surface area contributed by atoms with Crippen LogP contribution < -0.4 is 21.3 Å². The number of benzene rings is 1. The van der Waals surface area contributed by atoms with Gasteiger partial charge < -0.3 is 15.5 Å². The van der Waals surface area contributed by atoms with E-state index in [0.717, 1.165) is 10.2 Å². The molecule has 0 aliphatic rings. The van der Waals surface area contributed by atoms with E-state index in [1.165, 1.54) is 0 Å². The number of hydrazine groups is 1. The molecule has 0 unspecified atom stereocenters. The number of hydrogen-bond acceptors (Lipinski definition) is 5. The molecule has 1 aromatic heterocycles. The number of ether oxygens (including phenoxy) is 1. The van der Waals surface area contributed by atoms with E-state index in [0.29, 0.717) is 28.3 Å². The molecule has 0 aliphatic carbocycles. The Balaban J connectivity index is 2.25. The Hall–Kier alpha value is -1.31. The van der Waals surface area contributed by atoms with Gasteiger partial charge >= 0.3 is 0 Å². The third kappa shape index (κ3) is 4.83. The van der Waals surface area contributed by atoms with Gasteiger partial charge in [-0.25, -0.2) is 10.8 Å². The molecule has 1 heterocycles. The maximum absolute atomic E-state index is 6.20. The van der Waals surface area contributed by atoms with E-state index in [1.807, 2.05) is 18.2 Å². The maximum atomic E-state index is 6.20. The van der Waals surface area contributed by atoms with Crippen LogP contribution in [-0.2, 0) is 0 Å². The van der Waals surface area contributed by atoms with Crippen LogP contribution in [-0.4, -0.2) is 11.5 Å². The second-order valence-electron chi connectivity index (χ2n) is 6.42. The number of nitrogens with zero attached hydrogens (tertiary/aromatic N) is 2. The summed E-state index contributed by atoms with van der Waals surface area (Å²) in [5, 5.41) is 1.65. The lowest BCUT2D eigenvalue weighted by Gasteiger charge is -2.29. The predicted octanol–water partition coefficient (Wildman–Crippen LogP) is 4.71. The van der Waals surface area contributed by atoms with Crippen molar-refractivity contribution in [3.05, 3.63) is 39.4 Å². The lowest BCUT2D eigenvalue weighted by molar-refractivity contribution is 0.412. The van der Waals surface area contributed by atoms with Crippen molar-refractivity contribution in [1.82, 2.24) is 4.98 Å². The standard InChI is InChI=1S/C16H20Br2N4O/c1-16(2,3)9-22(20)11-5-6-12(14(18)15(11)19)23-13-7-4-10(17)8-21-13/h4-8H,9,19-20H2,1-3H3. The Labute approximate surface area is 153 Å². The van der Waals surface area contributed by atoms with Gasteiger partial charge in [0.2, 0.25) is 5.88 Å². The summed E-state index contributed by atoms with van der Waals surface area (Å²) in [6.45, 7) is 7.04. The predicted molar refractivity (Wildman–Crippen MR) is 102 cm³/mol. The number of nitrogen functional groups attached to an aromatic ring is 1. The van der Waals surface area contributed by atoms with Gasteiger partial charge in [0.25, 0.3) is 0 Å². The molecule has 0 saturated heterocycles. The number of rotatable bonds is 4. The fourth-order valence-electron chi connectivity index (χ4n) is 2.02. The van der Waals surface area contributed by atoms with Crippen LogP contribution in [0.4, 0.5) is 11.4 Å². The smallest absolute Gasteiger partial charge is 0.219 e. The van der Waals surface area contributed by atoms with Crippen molar-refractivity contribution < 1.29 is 4.74 Å². The van der Waals surface area contributed by atoms with Crippen molar-refractivity contribution in [2.75, 3.05) is 17.3 Å². The van der Waals surface area contributed by atoms with Gasteiger partial charge in [-0.3, -0.25) is 0 Å². The van der Waals surface area contributed by atoms with Gasteiger partial charge in [-0.05, 0) is 55.5 Å². The van der Waals surface area contributed by atoms with Crippen LogP contribution in [0.3, 0.4) is 0 Å². The Bertz CT molecular complexity index is 684. The zero-order valence-corrected chi connectivity index (χ0v) is 16.5. The number of anilines is 2. The lowest BCUT2D eigenvalue weighted by Crippen LogP contribution is -2.38. The molecule has 23 heavy (non-hydrogen) atoms. The van der Waals surface area contributed by atoms with Gasteiger partial charge in [-0.1, -0.05) is 20.8 Å². The minimum absolute atomic E-state index is 0.0597. The van der Waals surface area contributed by atoms with Crippen molar-refractivity contribution in [1.29, 1.82) is 0 Å². The molecule has 2 aromatic rings. The molecular formula is C16H20Br2N4O. The van der Waals surface area contributed by atoms with Gasteiger partial charge in [0.1, 0.15) is 5.75 Å². The molecule has 0 amide bonds. The molecule has 2 rings (SSSR count). The highest BCUT2D eigenvalue weighted by Gasteiger charge is 2.19. The monoisotopic (exact) mass is 442 g/mol. The van der Waals surface area contributed by atoms with Gasteiger partial charge in [-0.15, -0.1) is 0 Å². The Morgan fingerprint density at radius 1 is 1.17 bits per heavy atom. The number of nitrogens with two attached hydrogens (primary N) is 2. The molecule has 0 bridgehead atoms. The summed E-state index contributed by atoms with van der Waals surface area (Å²) < 4.78 is 7.31. The van der Waals surface area contributed by atoms with Crippen LogP contribution in [0.1, 0.15) is 20.8 Å². The minimum Gasteiger partial charge on any atom is -0.438 e. The van der Waals surface area contributed by atoms with Crippen LogP contribution in [0.15, 0.2) is 39.4 Å². The molecular weight excluding hydrogens is 424 g/mol. The molecule has 5 nitrogen and oxygen atoms in total. The Kier molecular flexibility index (Phi) is 5.54. The second-order valence-corrected chi connectivity index (χ2v) is 8.12. The molecule has 0 atom stereocenters. The first-order chi connectivity index (χ1) is 10.7. The van der Waals surface area contributed by atoms with E-state index in [9.17, 15) is 0 Å². The fraction of sp³-hybridized carbons (Fsp3) is 0.312. The molecule has 0 saturated carbocycles. The molecule has 7 heteroatoms. The largest absolute Gasteiger partial charge is 0.438 e. The van der Waals surface area contributed by atoms with Gasteiger partial charge in [-0.2, -0.15) is 0 Å². The molecule has 0 aliphatic heterocycles. The first kappa shape index (κ1) is 18.0. The van der Waals surface area contributed by atoms with E-state index in [2.05, 4.69) is 57.6 Å². The summed E-state index contributed by atoms with van der Waals surface area (Å²) in [6.07, 6.45) is 1.67. The van der Waals surface area contributed by atoms with Crippen LogP contribution in [0.5, 0.6) is 11.6 Å². The van der Waals surface area contributed by atoms with Crippen molar-refractivity contribution in [2.45, 2.75) is 20.8 Å². The minimum atomic E-state index is 0.0597. The second kappa shape index (κ2) is 7.07. The summed E-state index contributed by atoms with van der Waals surface area (Å²) in [5.74, 6) is 7.22. The van der Waals surface area contributed by atoms with E-state index < -0.39 is 0 Å². The van der Waals surface area contributed by atoms with Gasteiger partial charge in [0.15, 0.2) is 0 Å². The number of hydrogen-bond donors (Lipinski definition) is 2. The molecule has 1 aromatic carbocycles. The summed E-state index contributed by atoms with van der Waals surface area (Å²) in [4.78, 5) is 4.18. The SMILES string of the molecule is CC(C)(C)CN(N)c1ccc(Oc2ccc(Br)cn2)c(Br)c1N. The zero-order valence-electron chi connectivity index (χ0n) is 13.3. The third-order valence-electron chi connectivity index (χ3n) is 2.99. The van der Waals surface area contributed by atoms with Gasteiger partial charge in [0, 0.05) is 23.3 Å². The number of pyridine rings is 1. The highest BCUT2D eigenvalue weighted by atomic mass is 79.9. The first-order valence-electron chi connectivity index (χ1n) is 7.07. The van der Waals surface area contributed by atoms with Crippen LogP contribution in [0, 0.1) is 5.41 Å². The average molecular weight is 444 g/mol. The topological polar surface area (TPSA) is 77.4 Å². The van der Waals surface area contributed by atoms with Crippen molar-refractivity contribution in [3.63, 3.8) is 0 Å². The van der Waals surface area contributed by atoms with Crippen molar-refractivity contribution in [3.8, 4) is 11.6 Å². The van der Waals surface area contributed by atoms with Crippen LogP contribution in [0.2, 0.25) is 0 Å². The van der Waals surface area contributed by atoms with E-state index in [1.54, 1.807) is 17.3 Å². The quantitative estimate of drug-likeness (QED) is 0.406. The summed E-state index contributed by atoms with van der Waals surface area (Å²) in [5.41, 5.74) is 7.55. The summed E-state index contributed by atoms with van der Waals surface area (Å²) >= 11 is 6.82. The first-order valence-corrected chi connectivity index (χ1v) is 8.65. The lowest BCUT2D eigenvalue weighted by atomic mass is 9.96. The maximum Gasteiger partial charge on any atom is 0.219 e. The average Bonchev–Trinajstić information content (AvgIpc) is 2.44.